The first-order valence-electron chi connectivity index (χ1n) is 6.38. The van der Waals surface area contributed by atoms with Crippen molar-refractivity contribution in [3.05, 3.63) is 0 Å². The summed E-state index contributed by atoms with van der Waals surface area (Å²) < 4.78 is 5.22. The number of nitrogens with one attached hydrogen (secondary N) is 1. The maximum Gasteiger partial charge on any atom is 0.0628 e. The molecule has 1 unspecified atom stereocenters. The molecule has 1 N–H and O–H groups in total. The van der Waals surface area contributed by atoms with Crippen LogP contribution in [0.4, 0.5) is 0 Å². The molecular weight excluding hydrogens is 200 g/mol. The molecule has 0 aliphatic rings. The molecule has 0 bridgehead atoms. The number of methoxy groups -OCH3 is 1. The Balaban J connectivity index is 4.15. The van der Waals surface area contributed by atoms with Crippen molar-refractivity contribution in [2.24, 2.45) is 11.8 Å². The third-order valence-electron chi connectivity index (χ3n) is 2.50. The molecule has 0 radical (unpaired) electrons. The summed E-state index contributed by atoms with van der Waals surface area (Å²) in [7, 11) is 3.77. The van der Waals surface area contributed by atoms with Crippen molar-refractivity contribution in [1.29, 1.82) is 0 Å². The van der Waals surface area contributed by atoms with Crippen molar-refractivity contribution in [3.63, 3.8) is 0 Å². The topological polar surface area (TPSA) is 24.5 Å². The molecule has 0 aliphatic heterocycles. The molecule has 1 atom stereocenters. The van der Waals surface area contributed by atoms with Gasteiger partial charge >= 0.3 is 0 Å². The highest BCUT2D eigenvalue weighted by Crippen LogP contribution is 2.05. The van der Waals surface area contributed by atoms with Crippen molar-refractivity contribution in [1.82, 2.24) is 10.2 Å². The fraction of sp³-hybridized carbons (Fsp3) is 1.00. The van der Waals surface area contributed by atoms with Gasteiger partial charge in [0.05, 0.1) is 6.61 Å². The molecule has 3 heteroatoms. The van der Waals surface area contributed by atoms with Crippen LogP contribution in [0.15, 0.2) is 0 Å². The molecular formula is C13H30N2O. The number of hydrogen-bond donors (Lipinski definition) is 1. The highest BCUT2D eigenvalue weighted by molar-refractivity contribution is 4.72. The third kappa shape index (κ3) is 8.08. The fourth-order valence-corrected chi connectivity index (χ4v) is 2.00. The standard InChI is InChI=1S/C13H30N2O/c1-11(2)7-15(8-12(3)4)9-13(14-5)10-16-6/h11-14H,7-10H2,1-6H3. The van der Waals surface area contributed by atoms with E-state index in [9.17, 15) is 0 Å². The Kier molecular flexibility index (Phi) is 8.90. The van der Waals surface area contributed by atoms with Gasteiger partial charge in [0.15, 0.2) is 0 Å². The SMILES string of the molecule is CNC(COC)CN(CC(C)C)CC(C)C. The van der Waals surface area contributed by atoms with E-state index in [1.54, 1.807) is 7.11 Å². The molecule has 0 fully saturated rings. The van der Waals surface area contributed by atoms with Gasteiger partial charge in [0.2, 0.25) is 0 Å². The molecule has 0 saturated heterocycles. The van der Waals surface area contributed by atoms with Gasteiger partial charge in [-0.2, -0.15) is 0 Å². The molecule has 0 aromatic heterocycles. The summed E-state index contributed by atoms with van der Waals surface area (Å²) in [6.45, 7) is 13.3. The van der Waals surface area contributed by atoms with Crippen LogP contribution in [0.5, 0.6) is 0 Å². The second-order valence-electron chi connectivity index (χ2n) is 5.45. The number of nitrogens with zero attached hydrogens (tertiary/aromatic N) is 1. The first-order valence-corrected chi connectivity index (χ1v) is 6.38. The highest BCUT2D eigenvalue weighted by atomic mass is 16.5. The van der Waals surface area contributed by atoms with E-state index in [-0.39, 0.29) is 0 Å². The van der Waals surface area contributed by atoms with Gasteiger partial charge in [0.1, 0.15) is 0 Å². The second kappa shape index (κ2) is 8.97. The average Bonchev–Trinajstić information content (AvgIpc) is 2.14. The maximum atomic E-state index is 5.22. The Labute approximate surface area is 102 Å². The predicted molar refractivity (Wildman–Crippen MR) is 70.8 cm³/mol. The Morgan fingerprint density at radius 1 is 1.00 bits per heavy atom. The van der Waals surface area contributed by atoms with Crippen LogP contribution in [0, 0.1) is 11.8 Å². The van der Waals surface area contributed by atoms with Crippen molar-refractivity contribution < 1.29 is 4.74 Å². The van der Waals surface area contributed by atoms with Crippen LogP contribution in [0.1, 0.15) is 27.7 Å². The Morgan fingerprint density at radius 2 is 1.50 bits per heavy atom. The van der Waals surface area contributed by atoms with E-state index in [4.69, 9.17) is 4.74 Å². The normalized spacial score (nSPS) is 14.1. The van der Waals surface area contributed by atoms with Gasteiger partial charge in [-0.15, -0.1) is 0 Å². The minimum Gasteiger partial charge on any atom is -0.383 e. The number of rotatable bonds is 9. The zero-order valence-electron chi connectivity index (χ0n) is 11.9. The number of ether oxygens (including phenoxy) is 1. The van der Waals surface area contributed by atoms with Crippen LogP contribution in [0.2, 0.25) is 0 Å². The summed E-state index contributed by atoms with van der Waals surface area (Å²) in [6.07, 6.45) is 0. The molecule has 0 rings (SSSR count). The minimum absolute atomic E-state index is 0.433. The van der Waals surface area contributed by atoms with Crippen LogP contribution >= 0.6 is 0 Å². The van der Waals surface area contributed by atoms with Crippen molar-refractivity contribution in [3.8, 4) is 0 Å². The molecule has 3 nitrogen and oxygen atoms in total. The Bertz CT molecular complexity index is 150. The summed E-state index contributed by atoms with van der Waals surface area (Å²) >= 11 is 0. The van der Waals surface area contributed by atoms with E-state index in [2.05, 4.69) is 37.9 Å². The monoisotopic (exact) mass is 230 g/mol. The lowest BCUT2D eigenvalue weighted by Crippen LogP contribution is -2.44. The van der Waals surface area contributed by atoms with Crippen LogP contribution in [0.3, 0.4) is 0 Å². The third-order valence-corrected chi connectivity index (χ3v) is 2.50. The number of hydrogen-bond acceptors (Lipinski definition) is 3. The molecule has 0 aliphatic carbocycles. The van der Waals surface area contributed by atoms with Gasteiger partial charge < -0.3 is 15.0 Å². The van der Waals surface area contributed by atoms with Crippen LogP contribution in [-0.2, 0) is 4.74 Å². The quantitative estimate of drug-likeness (QED) is 0.654. The Morgan fingerprint density at radius 3 is 1.81 bits per heavy atom. The molecule has 0 spiro atoms. The van der Waals surface area contributed by atoms with Gasteiger partial charge in [0.25, 0.3) is 0 Å². The minimum atomic E-state index is 0.433. The average molecular weight is 230 g/mol. The van der Waals surface area contributed by atoms with E-state index < -0.39 is 0 Å². The van der Waals surface area contributed by atoms with E-state index in [0.29, 0.717) is 6.04 Å². The zero-order valence-corrected chi connectivity index (χ0v) is 11.9. The smallest absolute Gasteiger partial charge is 0.0628 e. The second-order valence-corrected chi connectivity index (χ2v) is 5.45. The number of likely N-dealkylation sites (N-methyl/N-ethyl adjacent to an activating group) is 1. The lowest BCUT2D eigenvalue weighted by molar-refractivity contribution is 0.130. The first kappa shape index (κ1) is 15.9. The predicted octanol–water partition coefficient (Wildman–Crippen LogP) is 1.83. The highest BCUT2D eigenvalue weighted by Gasteiger charge is 2.14. The summed E-state index contributed by atoms with van der Waals surface area (Å²) in [6, 6.07) is 0.433. The van der Waals surface area contributed by atoms with Crippen molar-refractivity contribution in [2.45, 2.75) is 33.7 Å². The van der Waals surface area contributed by atoms with Crippen LogP contribution in [0.25, 0.3) is 0 Å². The lowest BCUT2D eigenvalue weighted by atomic mass is 10.1. The van der Waals surface area contributed by atoms with Crippen LogP contribution < -0.4 is 5.32 Å². The summed E-state index contributed by atoms with van der Waals surface area (Å²) in [5.41, 5.74) is 0. The molecule has 0 amide bonds. The molecule has 98 valence electrons. The van der Waals surface area contributed by atoms with E-state index in [0.717, 1.165) is 25.0 Å². The van der Waals surface area contributed by atoms with Gasteiger partial charge in [-0.3, -0.25) is 0 Å². The molecule has 0 saturated carbocycles. The van der Waals surface area contributed by atoms with Gasteiger partial charge in [-0.25, -0.2) is 0 Å². The van der Waals surface area contributed by atoms with Gasteiger partial charge in [0, 0.05) is 32.8 Å². The lowest BCUT2D eigenvalue weighted by Gasteiger charge is -2.29. The van der Waals surface area contributed by atoms with E-state index in [1.165, 1.54) is 13.1 Å². The molecule has 0 aromatic rings. The van der Waals surface area contributed by atoms with E-state index >= 15 is 0 Å². The van der Waals surface area contributed by atoms with Gasteiger partial charge in [-0.05, 0) is 18.9 Å². The fourth-order valence-electron chi connectivity index (χ4n) is 2.00. The maximum absolute atomic E-state index is 5.22. The summed E-state index contributed by atoms with van der Waals surface area (Å²) in [5.74, 6) is 1.44. The Hall–Kier alpha value is -0.120. The molecule has 0 heterocycles. The van der Waals surface area contributed by atoms with Crippen LogP contribution in [-0.4, -0.2) is 51.3 Å². The molecule has 0 aromatic carbocycles. The zero-order chi connectivity index (χ0) is 12.6. The van der Waals surface area contributed by atoms with Crippen molar-refractivity contribution >= 4 is 0 Å². The largest absolute Gasteiger partial charge is 0.383 e. The summed E-state index contributed by atoms with van der Waals surface area (Å²) in [4.78, 5) is 2.54. The summed E-state index contributed by atoms with van der Waals surface area (Å²) in [5, 5.41) is 3.31. The molecule has 16 heavy (non-hydrogen) atoms. The first-order chi connectivity index (χ1) is 7.49. The van der Waals surface area contributed by atoms with Crippen molar-refractivity contribution in [2.75, 3.05) is 40.4 Å². The van der Waals surface area contributed by atoms with Gasteiger partial charge in [-0.1, -0.05) is 27.7 Å². The van der Waals surface area contributed by atoms with E-state index in [1.807, 2.05) is 7.05 Å².